The zero-order chi connectivity index (χ0) is 19.9. The van der Waals surface area contributed by atoms with E-state index in [1.807, 2.05) is 36.1 Å². The number of hydrogen-bond acceptors (Lipinski definition) is 4. The highest BCUT2D eigenvalue weighted by Crippen LogP contribution is 2.28. The highest BCUT2D eigenvalue weighted by atomic mass is 16.5. The average molecular weight is 382 g/mol. The van der Waals surface area contributed by atoms with Gasteiger partial charge in [0.2, 0.25) is 0 Å². The molecule has 1 aliphatic heterocycles. The predicted molar refractivity (Wildman–Crippen MR) is 107 cm³/mol. The van der Waals surface area contributed by atoms with Crippen molar-refractivity contribution in [3.63, 3.8) is 0 Å². The summed E-state index contributed by atoms with van der Waals surface area (Å²) in [6.07, 6.45) is 2.13. The Bertz CT molecular complexity index is 844. The highest BCUT2D eigenvalue weighted by molar-refractivity contribution is 5.95. The lowest BCUT2D eigenvalue weighted by Crippen LogP contribution is -2.28. The highest BCUT2D eigenvalue weighted by Gasteiger charge is 2.19. The predicted octanol–water partition coefficient (Wildman–Crippen LogP) is 3.26. The second-order valence-electron chi connectivity index (χ2n) is 6.68. The van der Waals surface area contributed by atoms with Gasteiger partial charge >= 0.3 is 0 Å². The Balaban J connectivity index is 1.64. The fraction of sp³-hybridized carbons (Fsp3) is 0.364. The van der Waals surface area contributed by atoms with E-state index in [1.165, 1.54) is 0 Å². The standard InChI is InChI=1S/C22H26N2O4/c1-3-28-19-10-9-17(14-20(19)27-2)21(25)23-15-16-7-6-8-18(13-16)22(26)24-11-4-5-12-24/h6-10,13-14H,3-5,11-12,15H2,1-2H3,(H,23,25). The molecule has 1 fully saturated rings. The van der Waals surface area contributed by atoms with E-state index in [2.05, 4.69) is 5.32 Å². The first-order valence-corrected chi connectivity index (χ1v) is 9.59. The number of likely N-dealkylation sites (tertiary alicyclic amines) is 1. The largest absolute Gasteiger partial charge is 0.493 e. The van der Waals surface area contributed by atoms with Crippen LogP contribution in [-0.4, -0.2) is 43.5 Å². The number of hydrogen-bond donors (Lipinski definition) is 1. The van der Waals surface area contributed by atoms with Gasteiger partial charge in [-0.25, -0.2) is 0 Å². The molecule has 28 heavy (non-hydrogen) atoms. The summed E-state index contributed by atoms with van der Waals surface area (Å²) >= 11 is 0. The molecule has 0 saturated carbocycles. The van der Waals surface area contributed by atoms with Gasteiger partial charge in [0.15, 0.2) is 11.5 Å². The van der Waals surface area contributed by atoms with Gasteiger partial charge in [-0.15, -0.1) is 0 Å². The van der Waals surface area contributed by atoms with Crippen LogP contribution in [0.25, 0.3) is 0 Å². The van der Waals surface area contributed by atoms with E-state index in [0.29, 0.717) is 35.8 Å². The van der Waals surface area contributed by atoms with Crippen molar-refractivity contribution in [1.82, 2.24) is 10.2 Å². The average Bonchev–Trinajstić information content (AvgIpc) is 3.27. The van der Waals surface area contributed by atoms with E-state index in [0.717, 1.165) is 31.5 Å². The Morgan fingerprint density at radius 1 is 1.04 bits per heavy atom. The Morgan fingerprint density at radius 2 is 1.82 bits per heavy atom. The normalized spacial score (nSPS) is 13.3. The van der Waals surface area contributed by atoms with Crippen LogP contribution < -0.4 is 14.8 Å². The molecule has 1 N–H and O–H groups in total. The summed E-state index contributed by atoms with van der Waals surface area (Å²) in [4.78, 5) is 26.9. The second-order valence-corrected chi connectivity index (χ2v) is 6.68. The van der Waals surface area contributed by atoms with Crippen molar-refractivity contribution >= 4 is 11.8 Å². The fourth-order valence-electron chi connectivity index (χ4n) is 3.29. The van der Waals surface area contributed by atoms with Crippen LogP contribution in [0.15, 0.2) is 42.5 Å². The van der Waals surface area contributed by atoms with Gasteiger partial charge in [0.25, 0.3) is 11.8 Å². The molecule has 1 saturated heterocycles. The van der Waals surface area contributed by atoms with Gasteiger partial charge < -0.3 is 19.7 Å². The SMILES string of the molecule is CCOc1ccc(C(=O)NCc2cccc(C(=O)N3CCCC3)c2)cc1OC. The number of ether oxygens (including phenoxy) is 2. The number of nitrogens with zero attached hydrogens (tertiary/aromatic N) is 1. The third-order valence-corrected chi connectivity index (χ3v) is 4.75. The summed E-state index contributed by atoms with van der Waals surface area (Å²) in [5.74, 6) is 0.974. The van der Waals surface area contributed by atoms with Crippen molar-refractivity contribution in [2.75, 3.05) is 26.8 Å². The van der Waals surface area contributed by atoms with Gasteiger partial charge in [0.1, 0.15) is 0 Å². The molecule has 6 heteroatoms. The van der Waals surface area contributed by atoms with Crippen molar-refractivity contribution in [2.24, 2.45) is 0 Å². The molecule has 0 spiro atoms. The molecule has 0 atom stereocenters. The Kier molecular flexibility index (Phi) is 6.53. The number of methoxy groups -OCH3 is 1. The summed E-state index contributed by atoms with van der Waals surface area (Å²) in [6, 6.07) is 12.5. The van der Waals surface area contributed by atoms with Crippen molar-refractivity contribution in [1.29, 1.82) is 0 Å². The number of rotatable bonds is 7. The van der Waals surface area contributed by atoms with Crippen LogP contribution in [0, 0.1) is 0 Å². The Labute approximate surface area is 165 Å². The van der Waals surface area contributed by atoms with Gasteiger partial charge in [0.05, 0.1) is 13.7 Å². The summed E-state index contributed by atoms with van der Waals surface area (Å²) in [5.41, 5.74) is 2.04. The van der Waals surface area contributed by atoms with Crippen LogP contribution >= 0.6 is 0 Å². The molecule has 6 nitrogen and oxygen atoms in total. The van der Waals surface area contributed by atoms with Gasteiger partial charge in [-0.3, -0.25) is 9.59 Å². The van der Waals surface area contributed by atoms with Crippen LogP contribution in [0.2, 0.25) is 0 Å². The summed E-state index contributed by atoms with van der Waals surface area (Å²) in [6.45, 7) is 4.39. The topological polar surface area (TPSA) is 67.9 Å². The summed E-state index contributed by atoms with van der Waals surface area (Å²) in [5, 5.41) is 2.89. The molecular weight excluding hydrogens is 356 g/mol. The number of nitrogens with one attached hydrogen (secondary N) is 1. The lowest BCUT2D eigenvalue weighted by molar-refractivity contribution is 0.0792. The molecule has 2 aromatic rings. The zero-order valence-electron chi connectivity index (χ0n) is 16.4. The smallest absolute Gasteiger partial charge is 0.253 e. The third-order valence-electron chi connectivity index (χ3n) is 4.75. The molecule has 1 heterocycles. The molecular formula is C22H26N2O4. The molecule has 2 aromatic carbocycles. The minimum Gasteiger partial charge on any atom is -0.493 e. The molecule has 1 aliphatic rings. The molecule has 3 rings (SSSR count). The van der Waals surface area contributed by atoms with Crippen LogP contribution in [0.1, 0.15) is 46.0 Å². The van der Waals surface area contributed by atoms with E-state index >= 15 is 0 Å². The Morgan fingerprint density at radius 3 is 2.54 bits per heavy atom. The second kappa shape index (κ2) is 9.26. The molecule has 2 amide bonds. The first-order valence-electron chi connectivity index (χ1n) is 9.59. The molecule has 0 unspecified atom stereocenters. The van der Waals surface area contributed by atoms with Crippen molar-refractivity contribution in [2.45, 2.75) is 26.3 Å². The van der Waals surface area contributed by atoms with Gasteiger partial charge in [-0.1, -0.05) is 12.1 Å². The van der Waals surface area contributed by atoms with Crippen LogP contribution in [0.5, 0.6) is 11.5 Å². The minimum atomic E-state index is -0.211. The molecule has 0 aliphatic carbocycles. The molecule has 0 bridgehead atoms. The number of carbonyl (C=O) groups is 2. The van der Waals surface area contributed by atoms with E-state index < -0.39 is 0 Å². The monoisotopic (exact) mass is 382 g/mol. The first kappa shape index (κ1) is 19.7. The van der Waals surface area contributed by atoms with E-state index in [-0.39, 0.29) is 11.8 Å². The number of benzene rings is 2. The van der Waals surface area contributed by atoms with Crippen molar-refractivity contribution < 1.29 is 19.1 Å². The number of carbonyl (C=O) groups excluding carboxylic acids is 2. The van der Waals surface area contributed by atoms with Crippen molar-refractivity contribution in [3.05, 3.63) is 59.2 Å². The van der Waals surface area contributed by atoms with Gasteiger partial charge in [-0.2, -0.15) is 0 Å². The van der Waals surface area contributed by atoms with E-state index in [1.54, 1.807) is 25.3 Å². The number of amides is 2. The molecule has 148 valence electrons. The maximum absolute atomic E-state index is 12.5. The van der Waals surface area contributed by atoms with Gasteiger partial charge in [0, 0.05) is 30.8 Å². The summed E-state index contributed by atoms with van der Waals surface area (Å²) < 4.78 is 10.8. The van der Waals surface area contributed by atoms with E-state index in [9.17, 15) is 9.59 Å². The summed E-state index contributed by atoms with van der Waals surface area (Å²) in [7, 11) is 1.54. The lowest BCUT2D eigenvalue weighted by atomic mass is 10.1. The van der Waals surface area contributed by atoms with Gasteiger partial charge in [-0.05, 0) is 55.7 Å². The third kappa shape index (κ3) is 4.63. The first-order chi connectivity index (χ1) is 13.6. The lowest BCUT2D eigenvalue weighted by Gasteiger charge is -2.16. The van der Waals surface area contributed by atoms with Crippen LogP contribution in [0.4, 0.5) is 0 Å². The fourth-order valence-corrected chi connectivity index (χ4v) is 3.29. The van der Waals surface area contributed by atoms with E-state index in [4.69, 9.17) is 9.47 Å². The maximum Gasteiger partial charge on any atom is 0.253 e. The maximum atomic E-state index is 12.5. The zero-order valence-corrected chi connectivity index (χ0v) is 16.4. The molecule has 0 aromatic heterocycles. The van der Waals surface area contributed by atoms with Crippen molar-refractivity contribution in [3.8, 4) is 11.5 Å². The quantitative estimate of drug-likeness (QED) is 0.798. The molecule has 0 radical (unpaired) electrons. The Hall–Kier alpha value is -3.02. The minimum absolute atomic E-state index is 0.0573. The van der Waals surface area contributed by atoms with Crippen LogP contribution in [-0.2, 0) is 6.54 Å². The van der Waals surface area contributed by atoms with Crippen LogP contribution in [0.3, 0.4) is 0 Å².